The lowest BCUT2D eigenvalue weighted by Gasteiger charge is -2.07. The number of halogens is 3. The predicted octanol–water partition coefficient (Wildman–Crippen LogP) is 2.78. The molecule has 0 unspecified atom stereocenters. The third-order valence-electron chi connectivity index (χ3n) is 2.66. The lowest BCUT2D eigenvalue weighted by atomic mass is 10.3. The van der Waals surface area contributed by atoms with E-state index in [2.05, 4.69) is 15.4 Å². The molecule has 0 aromatic carbocycles. The van der Waals surface area contributed by atoms with Crippen LogP contribution < -0.4 is 5.32 Å². The fraction of sp³-hybridized carbons (Fsp3) is 0.385. The Hall–Kier alpha value is -1.89. The van der Waals surface area contributed by atoms with Crippen LogP contribution in [0.3, 0.4) is 0 Å². The van der Waals surface area contributed by atoms with Gasteiger partial charge in [0.05, 0.1) is 11.8 Å². The van der Waals surface area contributed by atoms with Gasteiger partial charge >= 0.3 is 6.18 Å². The second-order valence-corrected chi connectivity index (χ2v) is 4.73. The minimum absolute atomic E-state index is 0.350. The van der Waals surface area contributed by atoms with E-state index in [4.69, 9.17) is 0 Å². The highest BCUT2D eigenvalue weighted by Crippen LogP contribution is 2.28. The number of pyridine rings is 1. The van der Waals surface area contributed by atoms with Gasteiger partial charge in [0.15, 0.2) is 5.82 Å². The van der Waals surface area contributed by atoms with Crippen molar-refractivity contribution >= 4 is 0 Å². The first-order valence-corrected chi connectivity index (χ1v) is 6.17. The van der Waals surface area contributed by atoms with Crippen molar-refractivity contribution in [3.63, 3.8) is 0 Å². The molecule has 0 spiro atoms. The second kappa shape index (κ2) is 5.62. The van der Waals surface area contributed by atoms with Gasteiger partial charge < -0.3 is 5.32 Å². The van der Waals surface area contributed by atoms with Crippen molar-refractivity contribution in [3.8, 4) is 5.82 Å². The summed E-state index contributed by atoms with van der Waals surface area (Å²) in [7, 11) is 0. The van der Waals surface area contributed by atoms with Gasteiger partial charge in [-0.3, -0.25) is 0 Å². The molecular weight excluding hydrogens is 269 g/mol. The van der Waals surface area contributed by atoms with E-state index in [-0.39, 0.29) is 0 Å². The maximum absolute atomic E-state index is 12.4. The monoisotopic (exact) mass is 284 g/mol. The van der Waals surface area contributed by atoms with Gasteiger partial charge in [0.1, 0.15) is 0 Å². The Morgan fingerprint density at radius 3 is 2.55 bits per heavy atom. The van der Waals surface area contributed by atoms with Crippen molar-refractivity contribution in [2.75, 3.05) is 0 Å². The van der Waals surface area contributed by atoms with Crippen molar-refractivity contribution < 1.29 is 13.2 Å². The zero-order valence-electron chi connectivity index (χ0n) is 11.1. The highest BCUT2D eigenvalue weighted by atomic mass is 19.4. The molecule has 2 rings (SSSR count). The molecule has 108 valence electrons. The number of hydrogen-bond donors (Lipinski definition) is 1. The summed E-state index contributed by atoms with van der Waals surface area (Å²) >= 11 is 0. The fourth-order valence-electron chi connectivity index (χ4n) is 1.59. The number of aromatic nitrogens is 3. The molecule has 2 heterocycles. The predicted molar refractivity (Wildman–Crippen MR) is 68.3 cm³/mol. The van der Waals surface area contributed by atoms with Gasteiger partial charge in [-0.2, -0.15) is 18.3 Å². The Labute approximate surface area is 114 Å². The van der Waals surface area contributed by atoms with Crippen molar-refractivity contribution in [3.05, 3.63) is 41.9 Å². The van der Waals surface area contributed by atoms with E-state index in [0.717, 1.165) is 17.8 Å². The van der Waals surface area contributed by atoms with Crippen LogP contribution in [0, 0.1) is 0 Å². The van der Waals surface area contributed by atoms with E-state index < -0.39 is 11.7 Å². The van der Waals surface area contributed by atoms with Gasteiger partial charge in [0.25, 0.3) is 0 Å². The Morgan fingerprint density at radius 1 is 1.25 bits per heavy atom. The van der Waals surface area contributed by atoms with Crippen LogP contribution in [-0.4, -0.2) is 20.8 Å². The Bertz CT molecular complexity index is 558. The molecule has 0 saturated heterocycles. The largest absolute Gasteiger partial charge is 0.417 e. The average Bonchev–Trinajstić information content (AvgIpc) is 2.84. The number of alkyl halides is 3. The van der Waals surface area contributed by atoms with Crippen molar-refractivity contribution in [1.82, 2.24) is 20.1 Å². The number of hydrogen-bond acceptors (Lipinski definition) is 3. The molecule has 0 radical (unpaired) electrons. The molecular formula is C13H15F3N4. The minimum atomic E-state index is -4.37. The molecule has 0 saturated carbocycles. The van der Waals surface area contributed by atoms with Crippen LogP contribution in [0.15, 0.2) is 30.7 Å². The van der Waals surface area contributed by atoms with Crippen LogP contribution in [0.1, 0.15) is 25.0 Å². The van der Waals surface area contributed by atoms with Gasteiger partial charge in [0, 0.05) is 30.5 Å². The Balaban J connectivity index is 2.12. The second-order valence-electron chi connectivity index (χ2n) is 4.73. The summed E-state index contributed by atoms with van der Waals surface area (Å²) in [5, 5.41) is 7.32. The lowest BCUT2D eigenvalue weighted by molar-refractivity contribution is -0.137. The zero-order valence-corrected chi connectivity index (χ0v) is 11.1. The van der Waals surface area contributed by atoms with E-state index in [9.17, 15) is 13.2 Å². The first-order chi connectivity index (χ1) is 9.36. The molecule has 0 amide bonds. The molecule has 0 aliphatic carbocycles. The summed E-state index contributed by atoms with van der Waals surface area (Å²) in [5.41, 5.74) is 0.176. The standard InChI is InChI=1S/C13H15F3N4/c1-9(2)17-5-10-6-19-20(8-10)12-4-3-11(7-18-12)13(14,15)16/h3-4,6-9,17H,5H2,1-2H3. The molecule has 0 aliphatic heterocycles. The van der Waals surface area contributed by atoms with Crippen LogP contribution in [0.25, 0.3) is 5.82 Å². The summed E-state index contributed by atoms with van der Waals surface area (Å²) in [6.45, 7) is 4.71. The first-order valence-electron chi connectivity index (χ1n) is 6.17. The quantitative estimate of drug-likeness (QED) is 0.938. The van der Waals surface area contributed by atoms with E-state index >= 15 is 0 Å². The van der Waals surface area contributed by atoms with Gasteiger partial charge in [-0.1, -0.05) is 13.8 Å². The molecule has 20 heavy (non-hydrogen) atoms. The molecule has 2 aromatic rings. The number of rotatable bonds is 4. The molecule has 4 nitrogen and oxygen atoms in total. The van der Waals surface area contributed by atoms with Gasteiger partial charge in [-0.15, -0.1) is 0 Å². The smallest absolute Gasteiger partial charge is 0.310 e. The van der Waals surface area contributed by atoms with Gasteiger partial charge in [0.2, 0.25) is 0 Å². The molecule has 0 atom stereocenters. The average molecular weight is 284 g/mol. The molecule has 0 fully saturated rings. The normalized spacial score (nSPS) is 12.1. The van der Waals surface area contributed by atoms with Crippen LogP contribution in [0.5, 0.6) is 0 Å². The number of nitrogens with zero attached hydrogens (tertiary/aromatic N) is 3. The molecule has 0 aliphatic rings. The van der Waals surface area contributed by atoms with E-state index in [1.807, 2.05) is 13.8 Å². The van der Waals surface area contributed by atoms with Crippen molar-refractivity contribution in [2.24, 2.45) is 0 Å². The summed E-state index contributed by atoms with van der Waals surface area (Å²) in [6.07, 6.45) is -0.162. The van der Waals surface area contributed by atoms with E-state index in [1.54, 1.807) is 12.4 Å². The third-order valence-corrected chi connectivity index (χ3v) is 2.66. The number of nitrogens with one attached hydrogen (secondary N) is 1. The topological polar surface area (TPSA) is 42.7 Å². The van der Waals surface area contributed by atoms with Crippen molar-refractivity contribution in [1.29, 1.82) is 0 Å². The molecule has 0 bridgehead atoms. The molecule has 7 heteroatoms. The Morgan fingerprint density at radius 2 is 2.00 bits per heavy atom. The summed E-state index contributed by atoms with van der Waals surface area (Å²) in [6, 6.07) is 2.65. The minimum Gasteiger partial charge on any atom is -0.310 e. The van der Waals surface area contributed by atoms with Gasteiger partial charge in [-0.05, 0) is 12.1 Å². The maximum Gasteiger partial charge on any atom is 0.417 e. The summed E-state index contributed by atoms with van der Waals surface area (Å²) in [4.78, 5) is 3.78. The fourth-order valence-corrected chi connectivity index (χ4v) is 1.59. The van der Waals surface area contributed by atoms with Crippen molar-refractivity contribution in [2.45, 2.75) is 32.6 Å². The van der Waals surface area contributed by atoms with Crippen LogP contribution in [0.2, 0.25) is 0 Å². The zero-order chi connectivity index (χ0) is 14.8. The van der Waals surface area contributed by atoms with E-state index in [1.165, 1.54) is 10.7 Å². The lowest BCUT2D eigenvalue weighted by Crippen LogP contribution is -2.21. The molecule has 2 aromatic heterocycles. The Kier molecular flexibility index (Phi) is 4.08. The summed E-state index contributed by atoms with van der Waals surface area (Å²) in [5.74, 6) is 0.355. The van der Waals surface area contributed by atoms with E-state index in [0.29, 0.717) is 18.4 Å². The highest BCUT2D eigenvalue weighted by Gasteiger charge is 2.30. The van der Waals surface area contributed by atoms with Gasteiger partial charge in [-0.25, -0.2) is 9.67 Å². The highest BCUT2D eigenvalue weighted by molar-refractivity contribution is 5.27. The first kappa shape index (κ1) is 14.5. The SMILES string of the molecule is CC(C)NCc1cnn(-c2ccc(C(F)(F)F)cn2)c1. The van der Waals surface area contributed by atoms with Crippen LogP contribution in [-0.2, 0) is 12.7 Å². The molecule has 1 N–H and O–H groups in total. The van der Waals surface area contributed by atoms with Crippen LogP contribution >= 0.6 is 0 Å². The maximum atomic E-state index is 12.4. The third kappa shape index (κ3) is 3.57. The summed E-state index contributed by atoms with van der Waals surface area (Å²) < 4.78 is 38.8. The van der Waals surface area contributed by atoms with Crippen LogP contribution in [0.4, 0.5) is 13.2 Å².